The Morgan fingerprint density at radius 3 is 2.76 bits per heavy atom. The van der Waals surface area contributed by atoms with Crippen molar-refractivity contribution in [3.63, 3.8) is 0 Å². The zero-order valence-electron chi connectivity index (χ0n) is 9.93. The molecule has 0 aromatic carbocycles. The summed E-state index contributed by atoms with van der Waals surface area (Å²) < 4.78 is 5.25. The van der Waals surface area contributed by atoms with Gasteiger partial charge in [-0.1, -0.05) is 11.3 Å². The van der Waals surface area contributed by atoms with Crippen molar-refractivity contribution in [2.45, 2.75) is 25.0 Å². The number of aromatic nitrogens is 2. The third-order valence-corrected chi connectivity index (χ3v) is 3.61. The second-order valence-corrected chi connectivity index (χ2v) is 5.64. The molecule has 0 radical (unpaired) electrons. The van der Waals surface area contributed by atoms with E-state index < -0.39 is 5.60 Å². The maximum absolute atomic E-state index is 10.3. The molecule has 0 aliphatic carbocycles. The van der Waals surface area contributed by atoms with Crippen molar-refractivity contribution in [1.82, 2.24) is 15.1 Å². The number of anilines is 1. The van der Waals surface area contributed by atoms with E-state index in [9.17, 15) is 5.11 Å². The van der Waals surface area contributed by atoms with Gasteiger partial charge < -0.3 is 15.6 Å². The summed E-state index contributed by atoms with van der Waals surface area (Å²) in [5.41, 5.74) is 4.89. The van der Waals surface area contributed by atoms with Crippen LogP contribution in [0.2, 0.25) is 0 Å². The van der Waals surface area contributed by atoms with Crippen LogP contribution in [0.5, 0.6) is 0 Å². The van der Waals surface area contributed by atoms with Crippen LogP contribution in [0.4, 0.5) is 5.13 Å². The minimum absolute atomic E-state index is 0.484. The van der Waals surface area contributed by atoms with Gasteiger partial charge in [0.1, 0.15) is 5.01 Å². The molecule has 0 amide bonds. The number of hydrogen-bond acceptors (Lipinski definition) is 7. The number of aliphatic hydroxyl groups is 1. The molecule has 1 aliphatic rings. The molecule has 7 heteroatoms. The lowest BCUT2D eigenvalue weighted by molar-refractivity contribution is -0.0777. The van der Waals surface area contributed by atoms with Crippen molar-refractivity contribution in [3.8, 4) is 0 Å². The van der Waals surface area contributed by atoms with E-state index in [2.05, 4.69) is 10.2 Å². The molecule has 96 valence electrons. The maximum atomic E-state index is 10.3. The van der Waals surface area contributed by atoms with E-state index in [1.165, 1.54) is 11.3 Å². The summed E-state index contributed by atoms with van der Waals surface area (Å²) >= 11 is 1.38. The summed E-state index contributed by atoms with van der Waals surface area (Å²) in [5, 5.41) is 19.4. The van der Waals surface area contributed by atoms with E-state index in [1.807, 2.05) is 11.9 Å². The Hall–Kier alpha value is -0.760. The number of nitrogens with two attached hydrogens (primary N) is 1. The Bertz CT molecular complexity index is 365. The molecule has 0 saturated carbocycles. The maximum Gasteiger partial charge on any atom is 0.203 e. The van der Waals surface area contributed by atoms with Crippen LogP contribution >= 0.6 is 11.3 Å². The fourth-order valence-electron chi connectivity index (χ4n) is 2.03. The molecule has 0 unspecified atom stereocenters. The first-order valence-electron chi connectivity index (χ1n) is 5.64. The van der Waals surface area contributed by atoms with Crippen molar-refractivity contribution < 1.29 is 9.84 Å². The lowest BCUT2D eigenvalue weighted by Crippen LogP contribution is -2.45. The molecule has 0 bridgehead atoms. The van der Waals surface area contributed by atoms with Gasteiger partial charge in [-0.3, -0.25) is 4.90 Å². The molecule has 1 aromatic rings. The van der Waals surface area contributed by atoms with E-state index in [4.69, 9.17) is 10.5 Å². The van der Waals surface area contributed by atoms with Gasteiger partial charge in [0.15, 0.2) is 0 Å². The minimum atomic E-state index is -0.636. The standard InChI is InChI=1S/C10H18N4O2S/c1-14(6-8-12-13-9(11)17-8)7-10(15)2-4-16-5-3-10/h15H,2-7H2,1H3,(H2,11,13). The molecular weight excluding hydrogens is 240 g/mol. The summed E-state index contributed by atoms with van der Waals surface area (Å²) in [5.74, 6) is 0. The quantitative estimate of drug-likeness (QED) is 0.796. The van der Waals surface area contributed by atoms with Crippen LogP contribution < -0.4 is 5.73 Å². The topological polar surface area (TPSA) is 84.5 Å². The zero-order valence-corrected chi connectivity index (χ0v) is 10.7. The number of likely N-dealkylation sites (N-methyl/N-ethyl adjacent to an activating group) is 1. The highest BCUT2D eigenvalue weighted by Gasteiger charge is 2.31. The SMILES string of the molecule is CN(Cc1nnc(N)s1)CC1(O)CCOCC1. The van der Waals surface area contributed by atoms with Gasteiger partial charge in [-0.05, 0) is 7.05 Å². The smallest absolute Gasteiger partial charge is 0.203 e. The molecular formula is C10H18N4O2S. The lowest BCUT2D eigenvalue weighted by Gasteiger charge is -2.35. The average Bonchev–Trinajstić information content (AvgIpc) is 2.63. The number of nitrogen functional groups attached to an aromatic ring is 1. The van der Waals surface area contributed by atoms with Gasteiger partial charge in [0.05, 0.1) is 12.1 Å². The summed E-state index contributed by atoms with van der Waals surface area (Å²) in [7, 11) is 1.96. The summed E-state index contributed by atoms with van der Waals surface area (Å²) in [6.07, 6.45) is 1.38. The van der Waals surface area contributed by atoms with Crippen LogP contribution in [0.1, 0.15) is 17.8 Å². The molecule has 3 N–H and O–H groups in total. The van der Waals surface area contributed by atoms with Gasteiger partial charge in [-0.15, -0.1) is 10.2 Å². The third kappa shape index (κ3) is 3.60. The fourth-order valence-corrected chi connectivity index (χ4v) is 2.72. The van der Waals surface area contributed by atoms with Gasteiger partial charge in [0.25, 0.3) is 0 Å². The van der Waals surface area contributed by atoms with Gasteiger partial charge in [-0.25, -0.2) is 0 Å². The van der Waals surface area contributed by atoms with Crippen molar-refractivity contribution in [2.75, 3.05) is 32.5 Å². The molecule has 2 rings (SSSR count). The highest BCUT2D eigenvalue weighted by Crippen LogP contribution is 2.22. The van der Waals surface area contributed by atoms with Crippen LogP contribution in [0.25, 0.3) is 0 Å². The Morgan fingerprint density at radius 2 is 2.18 bits per heavy atom. The molecule has 6 nitrogen and oxygen atoms in total. The van der Waals surface area contributed by atoms with Crippen molar-refractivity contribution in [3.05, 3.63) is 5.01 Å². The number of hydrogen-bond donors (Lipinski definition) is 2. The van der Waals surface area contributed by atoms with E-state index in [-0.39, 0.29) is 0 Å². The molecule has 1 aromatic heterocycles. The van der Waals surface area contributed by atoms with E-state index in [0.29, 0.717) is 44.3 Å². The highest BCUT2D eigenvalue weighted by atomic mass is 32.1. The third-order valence-electron chi connectivity index (χ3n) is 2.88. The number of rotatable bonds is 4. The lowest BCUT2D eigenvalue weighted by atomic mass is 9.94. The summed E-state index contributed by atoms with van der Waals surface area (Å²) in [6, 6.07) is 0. The largest absolute Gasteiger partial charge is 0.388 e. The predicted molar refractivity (Wildman–Crippen MR) is 65.7 cm³/mol. The van der Waals surface area contributed by atoms with Crippen LogP contribution in [0.3, 0.4) is 0 Å². The van der Waals surface area contributed by atoms with E-state index in [0.717, 1.165) is 5.01 Å². The van der Waals surface area contributed by atoms with Crippen LogP contribution in [-0.4, -0.2) is 52.6 Å². The zero-order chi connectivity index (χ0) is 12.3. The van der Waals surface area contributed by atoms with Gasteiger partial charge >= 0.3 is 0 Å². The Balaban J connectivity index is 1.85. The summed E-state index contributed by atoms with van der Waals surface area (Å²) in [4.78, 5) is 2.05. The Labute approximate surface area is 104 Å². The average molecular weight is 258 g/mol. The van der Waals surface area contributed by atoms with Gasteiger partial charge in [-0.2, -0.15) is 0 Å². The van der Waals surface area contributed by atoms with Gasteiger partial charge in [0.2, 0.25) is 5.13 Å². The minimum Gasteiger partial charge on any atom is -0.388 e. The van der Waals surface area contributed by atoms with Crippen LogP contribution in [0, 0.1) is 0 Å². The van der Waals surface area contributed by atoms with E-state index in [1.54, 1.807) is 0 Å². The van der Waals surface area contributed by atoms with Crippen LogP contribution in [-0.2, 0) is 11.3 Å². The Morgan fingerprint density at radius 1 is 1.47 bits per heavy atom. The first-order chi connectivity index (χ1) is 8.07. The second kappa shape index (κ2) is 5.26. The van der Waals surface area contributed by atoms with Crippen molar-refractivity contribution >= 4 is 16.5 Å². The number of ether oxygens (including phenoxy) is 1. The first-order valence-corrected chi connectivity index (χ1v) is 6.46. The molecule has 1 aliphatic heterocycles. The molecule has 2 heterocycles. The number of nitrogens with zero attached hydrogens (tertiary/aromatic N) is 3. The summed E-state index contributed by atoms with van der Waals surface area (Å²) in [6.45, 7) is 2.56. The monoisotopic (exact) mass is 258 g/mol. The van der Waals surface area contributed by atoms with Crippen LogP contribution in [0.15, 0.2) is 0 Å². The normalized spacial score (nSPS) is 19.7. The van der Waals surface area contributed by atoms with E-state index >= 15 is 0 Å². The molecule has 1 saturated heterocycles. The molecule has 17 heavy (non-hydrogen) atoms. The Kier molecular flexibility index (Phi) is 3.93. The van der Waals surface area contributed by atoms with Gasteiger partial charge in [0, 0.05) is 32.6 Å². The highest BCUT2D eigenvalue weighted by molar-refractivity contribution is 7.15. The predicted octanol–water partition coefficient (Wildman–Crippen LogP) is 0.0936. The first kappa shape index (κ1) is 12.7. The van der Waals surface area contributed by atoms with Crippen molar-refractivity contribution in [1.29, 1.82) is 0 Å². The molecule has 0 spiro atoms. The van der Waals surface area contributed by atoms with Crippen molar-refractivity contribution in [2.24, 2.45) is 0 Å². The molecule has 1 fully saturated rings. The second-order valence-electron chi connectivity index (χ2n) is 4.54. The molecule has 0 atom stereocenters. The fraction of sp³-hybridized carbons (Fsp3) is 0.800.